The summed E-state index contributed by atoms with van der Waals surface area (Å²) in [4.78, 5) is 57.2. The smallest absolute Gasteiger partial charge is 0.387 e. The van der Waals surface area contributed by atoms with E-state index in [1.165, 1.54) is 14.2 Å². The maximum absolute atomic E-state index is 12.7. The molecule has 0 aliphatic carbocycles. The summed E-state index contributed by atoms with van der Waals surface area (Å²) in [7, 11) is 3.73. The molecule has 0 unspecified atom stereocenters. The molecule has 1 aromatic carbocycles. The number of amides is 1. The molecule has 0 saturated heterocycles. The molecule has 0 fully saturated rings. The van der Waals surface area contributed by atoms with E-state index in [-0.39, 0.29) is 46.8 Å². The van der Waals surface area contributed by atoms with E-state index in [2.05, 4.69) is 29.7 Å². The number of esters is 1. The molecule has 3 rings (SSSR count). The van der Waals surface area contributed by atoms with Gasteiger partial charge >= 0.3 is 18.3 Å². The van der Waals surface area contributed by atoms with Crippen LogP contribution in [0.3, 0.4) is 0 Å². The zero-order valence-corrected chi connectivity index (χ0v) is 17.7. The maximum Gasteiger partial charge on any atom is 0.387 e. The second-order valence-electron chi connectivity index (χ2n) is 6.67. The molecular weight excluding hydrogens is 448 g/mol. The van der Waals surface area contributed by atoms with Crippen LogP contribution in [0.1, 0.15) is 22.6 Å². The number of hydrogen-bond donors (Lipinski definition) is 3. The zero-order chi connectivity index (χ0) is 24.3. The lowest BCUT2D eigenvalue weighted by Crippen LogP contribution is -2.28. The Morgan fingerprint density at radius 3 is 2.55 bits per heavy atom. The minimum atomic E-state index is -3.17. The summed E-state index contributed by atoms with van der Waals surface area (Å²) in [5.41, 5.74) is -1.37. The first-order chi connectivity index (χ1) is 15.6. The van der Waals surface area contributed by atoms with E-state index in [1.54, 1.807) is 0 Å². The van der Waals surface area contributed by atoms with E-state index in [1.807, 2.05) is 0 Å². The zero-order valence-electron chi connectivity index (χ0n) is 17.7. The fraction of sp³-hybridized carbons (Fsp3) is 0.316. The highest BCUT2D eigenvalue weighted by Crippen LogP contribution is 2.35. The van der Waals surface area contributed by atoms with Gasteiger partial charge in [0.25, 0.3) is 5.56 Å². The summed E-state index contributed by atoms with van der Waals surface area (Å²) in [6.07, 6.45) is -0.123. The molecule has 0 aliphatic heterocycles. The van der Waals surface area contributed by atoms with Crippen LogP contribution in [-0.2, 0) is 23.0 Å². The lowest BCUT2D eigenvalue weighted by Gasteiger charge is -2.15. The highest BCUT2D eigenvalue weighted by Gasteiger charge is 2.21. The first-order valence-corrected chi connectivity index (χ1v) is 9.37. The molecular formula is C19H19F2N5O7. The molecule has 176 valence electrons. The predicted octanol–water partition coefficient (Wildman–Crippen LogP) is 0.918. The average molecular weight is 467 g/mol. The SMILES string of the molecule is COC(=O)c1cc(OC)c(OC(F)F)cc1NC(=O)CCc1nc2c([nH]1)c(=O)[nH]c(=O)n2C. The van der Waals surface area contributed by atoms with Crippen molar-refractivity contribution in [1.29, 1.82) is 0 Å². The topological polar surface area (TPSA) is 157 Å². The minimum Gasteiger partial charge on any atom is -0.493 e. The minimum absolute atomic E-state index is 0.0399. The van der Waals surface area contributed by atoms with Crippen molar-refractivity contribution >= 4 is 28.7 Å². The Hall–Kier alpha value is -4.23. The monoisotopic (exact) mass is 467 g/mol. The van der Waals surface area contributed by atoms with Crippen LogP contribution >= 0.6 is 0 Å². The van der Waals surface area contributed by atoms with Crippen molar-refractivity contribution in [1.82, 2.24) is 19.5 Å². The molecule has 12 nitrogen and oxygen atoms in total. The first-order valence-electron chi connectivity index (χ1n) is 9.37. The van der Waals surface area contributed by atoms with E-state index in [9.17, 15) is 28.0 Å². The highest BCUT2D eigenvalue weighted by molar-refractivity contribution is 6.02. The molecule has 0 bridgehead atoms. The van der Waals surface area contributed by atoms with Crippen LogP contribution in [-0.4, -0.2) is 52.2 Å². The van der Waals surface area contributed by atoms with Crippen molar-refractivity contribution in [2.24, 2.45) is 7.05 Å². The Kier molecular flexibility index (Phi) is 6.75. The molecule has 2 heterocycles. The molecule has 14 heteroatoms. The van der Waals surface area contributed by atoms with E-state index in [0.717, 1.165) is 23.8 Å². The second-order valence-corrected chi connectivity index (χ2v) is 6.67. The number of hydrogen-bond acceptors (Lipinski definition) is 8. The van der Waals surface area contributed by atoms with Crippen molar-refractivity contribution in [3.05, 3.63) is 44.4 Å². The van der Waals surface area contributed by atoms with Crippen molar-refractivity contribution in [3.8, 4) is 11.5 Å². The number of ether oxygens (including phenoxy) is 3. The second kappa shape index (κ2) is 9.50. The number of imidazole rings is 1. The number of H-pyrrole nitrogens is 2. The summed E-state index contributed by atoms with van der Waals surface area (Å²) in [5, 5.41) is 2.44. The van der Waals surface area contributed by atoms with Gasteiger partial charge in [-0.3, -0.25) is 19.1 Å². The molecule has 3 aromatic rings. The third-order valence-electron chi connectivity index (χ3n) is 4.59. The fourth-order valence-corrected chi connectivity index (χ4v) is 3.01. The molecule has 0 aliphatic rings. The van der Waals surface area contributed by atoms with Crippen LogP contribution in [0.25, 0.3) is 11.2 Å². The van der Waals surface area contributed by atoms with Gasteiger partial charge in [0.1, 0.15) is 11.3 Å². The molecule has 0 spiro atoms. The van der Waals surface area contributed by atoms with E-state index < -0.39 is 35.5 Å². The molecule has 1 amide bonds. The summed E-state index contributed by atoms with van der Waals surface area (Å²) in [6, 6.07) is 2.12. The van der Waals surface area contributed by atoms with Gasteiger partial charge < -0.3 is 24.5 Å². The predicted molar refractivity (Wildman–Crippen MR) is 110 cm³/mol. The lowest BCUT2D eigenvalue weighted by molar-refractivity contribution is -0.116. The number of nitrogens with zero attached hydrogens (tertiary/aromatic N) is 2. The van der Waals surface area contributed by atoms with Crippen molar-refractivity contribution < 1.29 is 32.6 Å². The molecule has 0 radical (unpaired) electrons. The van der Waals surface area contributed by atoms with Gasteiger partial charge in [0, 0.05) is 32.0 Å². The van der Waals surface area contributed by atoms with Crippen molar-refractivity contribution in [3.63, 3.8) is 0 Å². The van der Waals surface area contributed by atoms with Crippen LogP contribution in [0.4, 0.5) is 14.5 Å². The summed E-state index contributed by atoms with van der Waals surface area (Å²) in [5.74, 6) is -1.74. The first kappa shape index (κ1) is 23.4. The number of benzene rings is 1. The third kappa shape index (κ3) is 4.99. The van der Waals surface area contributed by atoms with Gasteiger partial charge in [-0.25, -0.2) is 14.6 Å². The molecule has 3 N–H and O–H groups in total. The van der Waals surface area contributed by atoms with Crippen molar-refractivity contribution in [2.75, 3.05) is 19.5 Å². The summed E-state index contributed by atoms with van der Waals surface area (Å²) in [6.45, 7) is -3.17. The number of nitrogens with one attached hydrogen (secondary N) is 3. The van der Waals surface area contributed by atoms with Gasteiger partial charge in [-0.15, -0.1) is 0 Å². The van der Waals surface area contributed by atoms with Crippen LogP contribution in [0, 0.1) is 0 Å². The summed E-state index contributed by atoms with van der Waals surface area (Å²) >= 11 is 0. The number of aryl methyl sites for hydroxylation is 2. The number of halogens is 2. The normalized spacial score (nSPS) is 11.0. The quantitative estimate of drug-likeness (QED) is 0.413. The average Bonchev–Trinajstić information content (AvgIpc) is 3.20. The number of aromatic nitrogens is 4. The number of aromatic amines is 2. The number of alkyl halides is 2. The highest BCUT2D eigenvalue weighted by atomic mass is 19.3. The molecule has 0 saturated carbocycles. The Bertz CT molecular complexity index is 1330. The fourth-order valence-electron chi connectivity index (χ4n) is 3.01. The van der Waals surface area contributed by atoms with Gasteiger partial charge in [0.05, 0.1) is 25.5 Å². The van der Waals surface area contributed by atoms with Crippen LogP contribution in [0.2, 0.25) is 0 Å². The van der Waals surface area contributed by atoms with Gasteiger partial charge in [0.15, 0.2) is 17.1 Å². The van der Waals surface area contributed by atoms with E-state index >= 15 is 0 Å². The number of methoxy groups -OCH3 is 2. The largest absolute Gasteiger partial charge is 0.493 e. The van der Waals surface area contributed by atoms with Gasteiger partial charge in [0.2, 0.25) is 5.91 Å². The van der Waals surface area contributed by atoms with E-state index in [0.29, 0.717) is 0 Å². The number of anilines is 1. The molecule has 0 atom stereocenters. The number of carbonyl (C=O) groups excluding carboxylic acids is 2. The van der Waals surface area contributed by atoms with Gasteiger partial charge in [-0.2, -0.15) is 8.78 Å². The van der Waals surface area contributed by atoms with Crippen LogP contribution in [0.15, 0.2) is 21.7 Å². The Morgan fingerprint density at radius 2 is 1.91 bits per heavy atom. The maximum atomic E-state index is 12.7. The standard InChI is InChI=1S/C19H19F2N5O7/c1-26-15-14(16(28)25-19(26)30)23-12(24-15)4-5-13(27)22-9-7-11(33-18(20)21)10(31-2)6-8(9)17(29)32-3/h6-7,18H,4-5H2,1-3H3,(H,22,27)(H,23,24)(H,25,28,30). The Morgan fingerprint density at radius 1 is 1.18 bits per heavy atom. The molecule has 2 aromatic heterocycles. The van der Waals surface area contributed by atoms with Gasteiger partial charge in [-0.1, -0.05) is 0 Å². The third-order valence-corrected chi connectivity index (χ3v) is 4.59. The Balaban J connectivity index is 1.83. The van der Waals surface area contributed by atoms with E-state index in [4.69, 9.17) is 4.74 Å². The summed E-state index contributed by atoms with van der Waals surface area (Å²) < 4.78 is 40.6. The number of carbonyl (C=O) groups is 2. The van der Waals surface area contributed by atoms with Crippen LogP contribution < -0.4 is 26.0 Å². The number of fused-ring (bicyclic) bond motifs is 1. The molecule has 33 heavy (non-hydrogen) atoms. The van der Waals surface area contributed by atoms with Crippen molar-refractivity contribution in [2.45, 2.75) is 19.5 Å². The van der Waals surface area contributed by atoms with Crippen LogP contribution in [0.5, 0.6) is 11.5 Å². The lowest BCUT2D eigenvalue weighted by atomic mass is 10.1. The van der Waals surface area contributed by atoms with Gasteiger partial charge in [-0.05, 0) is 0 Å². The number of rotatable bonds is 8. The Labute approximate surface area is 183 Å².